The molecule has 44 heavy (non-hydrogen) atoms. The number of sulfonamides is 1. The SMILES string of the molecule is COc1ccc(S(=O)(=O)N(C)C[C@@H]2Oc3c(NC(=O)Nc4cccc(Cl)c4Cl)cccc3C(=O)N([C@@H](C)CO)C[C@H]2C)cc1. The third-order valence-corrected chi connectivity index (χ3v) is 10.0. The lowest BCUT2D eigenvalue weighted by Gasteiger charge is -2.38. The van der Waals surface area contributed by atoms with Gasteiger partial charge in [-0.1, -0.05) is 42.3 Å². The molecule has 0 fully saturated rings. The van der Waals surface area contributed by atoms with Crippen molar-refractivity contribution in [3.63, 3.8) is 0 Å². The number of benzene rings is 3. The number of carbonyl (C=O) groups is 2. The number of nitrogens with one attached hydrogen (secondary N) is 2. The lowest BCUT2D eigenvalue weighted by Crippen LogP contribution is -2.50. The molecule has 3 amide bonds. The number of carbonyl (C=O) groups excluding carboxylic acids is 2. The number of hydrogen-bond acceptors (Lipinski definition) is 7. The highest BCUT2D eigenvalue weighted by molar-refractivity contribution is 7.89. The van der Waals surface area contributed by atoms with Crippen molar-refractivity contribution in [3.05, 3.63) is 76.3 Å². The number of hydrogen-bond donors (Lipinski definition) is 3. The van der Waals surface area contributed by atoms with E-state index in [1.54, 1.807) is 55.5 Å². The lowest BCUT2D eigenvalue weighted by molar-refractivity contribution is 0.0389. The summed E-state index contributed by atoms with van der Waals surface area (Å²) in [6.07, 6.45) is -0.762. The molecule has 236 valence electrons. The first kappa shape index (κ1) is 33.3. The van der Waals surface area contributed by atoms with E-state index in [-0.39, 0.29) is 63.2 Å². The number of para-hydroxylation sites is 1. The predicted molar refractivity (Wildman–Crippen MR) is 170 cm³/mol. The van der Waals surface area contributed by atoms with Crippen LogP contribution in [0.25, 0.3) is 0 Å². The van der Waals surface area contributed by atoms with Gasteiger partial charge in [0.25, 0.3) is 5.91 Å². The number of fused-ring (bicyclic) bond motifs is 1. The van der Waals surface area contributed by atoms with Crippen molar-refractivity contribution in [1.82, 2.24) is 9.21 Å². The molecule has 3 aromatic rings. The molecule has 1 heterocycles. The van der Waals surface area contributed by atoms with Crippen LogP contribution in [0, 0.1) is 5.92 Å². The van der Waals surface area contributed by atoms with Crippen molar-refractivity contribution in [2.45, 2.75) is 30.9 Å². The van der Waals surface area contributed by atoms with Crippen LogP contribution in [0.2, 0.25) is 10.0 Å². The standard InChI is InChI=1S/C30H34Cl2N4O7S/c1-18-15-36(19(2)17-37)29(38)22-7-5-10-25(34-30(39)33-24-9-6-8-23(31)27(24)32)28(22)43-26(18)16-35(3)44(40,41)21-13-11-20(42-4)12-14-21/h5-14,18-19,26,37H,15-17H2,1-4H3,(H2,33,34,39)/t18-,19+,26+/m1/s1. The lowest BCUT2D eigenvalue weighted by atomic mass is 9.99. The van der Waals surface area contributed by atoms with Crippen LogP contribution in [0.15, 0.2) is 65.6 Å². The Morgan fingerprint density at radius 1 is 1.11 bits per heavy atom. The number of nitrogens with zero attached hydrogens (tertiary/aromatic N) is 2. The van der Waals surface area contributed by atoms with Gasteiger partial charge in [0.1, 0.15) is 11.9 Å². The van der Waals surface area contributed by atoms with Crippen LogP contribution in [0.3, 0.4) is 0 Å². The van der Waals surface area contributed by atoms with Gasteiger partial charge in [-0.3, -0.25) is 4.79 Å². The number of amides is 3. The van der Waals surface area contributed by atoms with E-state index < -0.39 is 34.1 Å². The third-order valence-electron chi connectivity index (χ3n) is 7.34. The van der Waals surface area contributed by atoms with Crippen LogP contribution in [0.1, 0.15) is 24.2 Å². The van der Waals surface area contributed by atoms with E-state index in [0.717, 1.165) is 0 Å². The van der Waals surface area contributed by atoms with E-state index in [0.29, 0.717) is 5.75 Å². The Balaban J connectivity index is 1.68. The van der Waals surface area contributed by atoms with E-state index in [4.69, 9.17) is 32.7 Å². The minimum Gasteiger partial charge on any atom is -0.497 e. The van der Waals surface area contributed by atoms with Gasteiger partial charge in [-0.15, -0.1) is 0 Å². The van der Waals surface area contributed by atoms with E-state index in [9.17, 15) is 23.1 Å². The zero-order valence-corrected chi connectivity index (χ0v) is 26.9. The molecular weight excluding hydrogens is 631 g/mol. The molecule has 0 bridgehead atoms. The van der Waals surface area contributed by atoms with Gasteiger partial charge in [0.05, 0.1) is 58.2 Å². The Bertz CT molecular complexity index is 1620. The maximum absolute atomic E-state index is 13.7. The molecule has 4 rings (SSSR count). The Morgan fingerprint density at radius 3 is 2.41 bits per heavy atom. The van der Waals surface area contributed by atoms with Crippen molar-refractivity contribution < 1.29 is 32.6 Å². The van der Waals surface area contributed by atoms with Crippen molar-refractivity contribution in [2.24, 2.45) is 5.92 Å². The molecule has 0 unspecified atom stereocenters. The minimum absolute atomic E-state index is 0.0618. The molecule has 1 aliphatic rings. The maximum atomic E-state index is 13.7. The van der Waals surface area contributed by atoms with E-state index >= 15 is 0 Å². The number of halogens is 2. The van der Waals surface area contributed by atoms with Gasteiger partial charge < -0.3 is 30.1 Å². The van der Waals surface area contributed by atoms with E-state index in [2.05, 4.69) is 10.6 Å². The molecule has 14 heteroatoms. The first-order valence-corrected chi connectivity index (χ1v) is 15.9. The average Bonchev–Trinajstić information content (AvgIpc) is 3.01. The zero-order chi connectivity index (χ0) is 32.2. The average molecular weight is 666 g/mol. The third kappa shape index (κ3) is 7.22. The zero-order valence-electron chi connectivity index (χ0n) is 24.6. The number of aliphatic hydroxyl groups is 1. The normalized spacial score (nSPS) is 17.6. The second kappa shape index (κ2) is 14.0. The number of anilines is 2. The first-order valence-electron chi connectivity index (χ1n) is 13.7. The van der Waals surface area contributed by atoms with Crippen LogP contribution >= 0.6 is 23.2 Å². The molecule has 3 atom stereocenters. The number of rotatable bonds is 9. The molecule has 0 saturated carbocycles. The summed E-state index contributed by atoms with van der Waals surface area (Å²) in [6.45, 7) is 3.37. The number of aliphatic hydroxyl groups excluding tert-OH is 1. The maximum Gasteiger partial charge on any atom is 0.323 e. The van der Waals surface area contributed by atoms with E-state index in [1.807, 2.05) is 6.92 Å². The highest BCUT2D eigenvalue weighted by atomic mass is 35.5. The smallest absolute Gasteiger partial charge is 0.323 e. The second-order valence-electron chi connectivity index (χ2n) is 10.4. The first-order chi connectivity index (χ1) is 20.9. The summed E-state index contributed by atoms with van der Waals surface area (Å²) < 4.78 is 39.7. The van der Waals surface area contributed by atoms with Crippen LogP contribution in [-0.4, -0.2) is 80.7 Å². The van der Waals surface area contributed by atoms with Gasteiger partial charge in [-0.05, 0) is 55.5 Å². The van der Waals surface area contributed by atoms with Crippen LogP contribution < -0.4 is 20.1 Å². The molecule has 0 saturated heterocycles. The number of ether oxygens (including phenoxy) is 2. The molecule has 0 aromatic heterocycles. The van der Waals surface area contributed by atoms with Crippen LogP contribution in [0.4, 0.5) is 16.2 Å². The highest BCUT2D eigenvalue weighted by Gasteiger charge is 2.36. The van der Waals surface area contributed by atoms with Crippen molar-refractivity contribution >= 4 is 56.5 Å². The Hall–Kier alpha value is -3.55. The molecule has 3 aromatic carbocycles. The molecule has 0 radical (unpaired) electrons. The monoisotopic (exact) mass is 664 g/mol. The highest BCUT2D eigenvalue weighted by Crippen LogP contribution is 2.36. The summed E-state index contributed by atoms with van der Waals surface area (Å²) in [5.74, 6) is -0.216. The molecule has 1 aliphatic heterocycles. The van der Waals surface area contributed by atoms with Gasteiger partial charge in [0.15, 0.2) is 5.75 Å². The molecule has 3 N–H and O–H groups in total. The van der Waals surface area contributed by atoms with Crippen molar-refractivity contribution in [1.29, 1.82) is 0 Å². The summed E-state index contributed by atoms with van der Waals surface area (Å²) in [6, 6.07) is 14.3. The van der Waals surface area contributed by atoms with Crippen molar-refractivity contribution in [3.8, 4) is 11.5 Å². The Labute approximate surface area is 266 Å². The Morgan fingerprint density at radius 2 is 1.75 bits per heavy atom. The van der Waals surface area contributed by atoms with Crippen LogP contribution in [-0.2, 0) is 10.0 Å². The van der Waals surface area contributed by atoms with Crippen LogP contribution in [0.5, 0.6) is 11.5 Å². The van der Waals surface area contributed by atoms with Gasteiger partial charge in [0, 0.05) is 19.5 Å². The van der Waals surface area contributed by atoms with Gasteiger partial charge in [0.2, 0.25) is 10.0 Å². The Kier molecular flexibility index (Phi) is 10.6. The fraction of sp³-hybridized carbons (Fsp3) is 0.333. The summed E-state index contributed by atoms with van der Waals surface area (Å²) in [4.78, 5) is 28.4. The fourth-order valence-corrected chi connectivity index (χ4v) is 6.25. The number of urea groups is 1. The molecular formula is C30H34Cl2N4O7S. The summed E-state index contributed by atoms with van der Waals surface area (Å²) in [5, 5.41) is 15.7. The predicted octanol–water partition coefficient (Wildman–Crippen LogP) is 5.19. The quantitative estimate of drug-likeness (QED) is 0.286. The van der Waals surface area contributed by atoms with Crippen molar-refractivity contribution in [2.75, 3.05) is 44.5 Å². The number of likely N-dealkylation sites (N-methyl/N-ethyl adjacent to an activating group) is 1. The van der Waals surface area contributed by atoms with Gasteiger partial charge in [-0.25, -0.2) is 13.2 Å². The second-order valence-corrected chi connectivity index (χ2v) is 13.3. The number of methoxy groups -OCH3 is 1. The molecule has 0 spiro atoms. The summed E-state index contributed by atoms with van der Waals surface area (Å²) in [5.41, 5.74) is 0.580. The summed E-state index contributed by atoms with van der Waals surface area (Å²) in [7, 11) is -0.990. The van der Waals surface area contributed by atoms with E-state index in [1.165, 1.54) is 35.5 Å². The largest absolute Gasteiger partial charge is 0.497 e. The molecule has 11 nitrogen and oxygen atoms in total. The topological polar surface area (TPSA) is 138 Å². The fourth-order valence-electron chi connectivity index (χ4n) is 4.72. The molecule has 0 aliphatic carbocycles. The van der Waals surface area contributed by atoms with Gasteiger partial charge in [-0.2, -0.15) is 4.31 Å². The minimum atomic E-state index is -3.93. The van der Waals surface area contributed by atoms with Gasteiger partial charge >= 0.3 is 6.03 Å². The summed E-state index contributed by atoms with van der Waals surface area (Å²) >= 11 is 12.3.